The molecular formula is C13H13N3OS2. The van der Waals surface area contributed by atoms with Crippen molar-refractivity contribution in [2.24, 2.45) is 5.10 Å². The number of anilines is 1. The number of hydrogen-bond acceptors (Lipinski definition) is 4. The van der Waals surface area contributed by atoms with Gasteiger partial charge in [-0.05, 0) is 36.5 Å². The Labute approximate surface area is 121 Å². The number of hydrazone groups is 1. The van der Waals surface area contributed by atoms with Gasteiger partial charge in [0.1, 0.15) is 0 Å². The van der Waals surface area contributed by atoms with Crippen LogP contribution in [0.4, 0.5) is 5.69 Å². The van der Waals surface area contributed by atoms with Gasteiger partial charge in [0.25, 0.3) is 0 Å². The molecule has 0 bridgehead atoms. The van der Waals surface area contributed by atoms with Crippen LogP contribution in [0.2, 0.25) is 0 Å². The SMILES string of the molecule is COc1ccc(/C=N/NC(=S)Nc2ccccc2)s1. The molecule has 19 heavy (non-hydrogen) atoms. The zero-order chi connectivity index (χ0) is 13.5. The first-order chi connectivity index (χ1) is 9.28. The van der Waals surface area contributed by atoms with Crippen molar-refractivity contribution in [3.05, 3.63) is 47.3 Å². The van der Waals surface area contributed by atoms with E-state index in [4.69, 9.17) is 17.0 Å². The molecule has 0 radical (unpaired) electrons. The van der Waals surface area contributed by atoms with E-state index in [-0.39, 0.29) is 0 Å². The summed E-state index contributed by atoms with van der Waals surface area (Å²) < 4.78 is 5.10. The molecule has 0 spiro atoms. The first-order valence-electron chi connectivity index (χ1n) is 5.57. The van der Waals surface area contributed by atoms with Crippen molar-refractivity contribution in [2.45, 2.75) is 0 Å². The minimum absolute atomic E-state index is 0.450. The molecule has 2 aromatic rings. The monoisotopic (exact) mass is 291 g/mol. The molecule has 4 nitrogen and oxygen atoms in total. The van der Waals surface area contributed by atoms with Crippen LogP contribution in [0.25, 0.3) is 0 Å². The normalized spacial score (nSPS) is 10.4. The van der Waals surface area contributed by atoms with E-state index in [0.29, 0.717) is 5.11 Å². The van der Waals surface area contributed by atoms with E-state index in [9.17, 15) is 0 Å². The third-order valence-corrected chi connectivity index (χ3v) is 3.37. The molecule has 0 aliphatic heterocycles. The molecular weight excluding hydrogens is 278 g/mol. The summed E-state index contributed by atoms with van der Waals surface area (Å²) in [4.78, 5) is 0.992. The molecule has 0 aliphatic carbocycles. The topological polar surface area (TPSA) is 45.6 Å². The number of thiophene rings is 1. The summed E-state index contributed by atoms with van der Waals surface area (Å²) in [5.74, 6) is 0. The fourth-order valence-electron chi connectivity index (χ4n) is 1.35. The standard InChI is InChI=1S/C13H13N3OS2/c1-17-12-8-7-11(19-12)9-14-16-13(18)15-10-5-3-2-4-6-10/h2-9H,1H3,(H2,15,16,18)/b14-9+. The van der Waals surface area contributed by atoms with Crippen LogP contribution < -0.4 is 15.5 Å². The number of thiocarbonyl (C=S) groups is 1. The second-order valence-electron chi connectivity index (χ2n) is 3.55. The van der Waals surface area contributed by atoms with E-state index < -0.39 is 0 Å². The Morgan fingerprint density at radius 2 is 2.05 bits per heavy atom. The molecule has 0 amide bonds. The molecule has 0 fully saturated rings. The number of rotatable bonds is 4. The van der Waals surface area contributed by atoms with Crippen molar-refractivity contribution in [3.8, 4) is 5.06 Å². The fraction of sp³-hybridized carbons (Fsp3) is 0.0769. The maximum atomic E-state index is 5.12. The molecule has 1 heterocycles. The molecule has 0 saturated carbocycles. The van der Waals surface area contributed by atoms with Crippen LogP contribution >= 0.6 is 23.6 Å². The highest BCUT2D eigenvalue weighted by Gasteiger charge is 1.97. The summed E-state index contributed by atoms with van der Waals surface area (Å²) in [5.41, 5.74) is 3.69. The fourth-order valence-corrected chi connectivity index (χ4v) is 2.21. The maximum Gasteiger partial charge on any atom is 0.191 e. The van der Waals surface area contributed by atoms with Gasteiger partial charge in [-0.2, -0.15) is 5.10 Å². The minimum atomic E-state index is 0.450. The zero-order valence-corrected chi connectivity index (χ0v) is 11.9. The molecule has 2 N–H and O–H groups in total. The van der Waals surface area contributed by atoms with Gasteiger partial charge in [-0.3, -0.25) is 5.43 Å². The van der Waals surface area contributed by atoms with E-state index in [1.54, 1.807) is 13.3 Å². The molecule has 0 saturated heterocycles. The quantitative estimate of drug-likeness (QED) is 0.516. The average Bonchev–Trinajstić information content (AvgIpc) is 2.88. The Morgan fingerprint density at radius 3 is 2.74 bits per heavy atom. The predicted octanol–water partition coefficient (Wildman–Crippen LogP) is 3.08. The summed E-state index contributed by atoms with van der Waals surface area (Å²) in [6, 6.07) is 13.5. The van der Waals surface area contributed by atoms with Crippen LogP contribution in [0.1, 0.15) is 4.88 Å². The summed E-state index contributed by atoms with van der Waals surface area (Å²) in [6.45, 7) is 0. The summed E-state index contributed by atoms with van der Waals surface area (Å²) in [5, 5.41) is 8.39. The third kappa shape index (κ3) is 4.35. The van der Waals surface area contributed by atoms with Gasteiger partial charge < -0.3 is 10.1 Å². The molecule has 6 heteroatoms. The second-order valence-corrected chi connectivity index (χ2v) is 5.04. The van der Waals surface area contributed by atoms with Crippen LogP contribution in [-0.4, -0.2) is 18.4 Å². The summed E-state index contributed by atoms with van der Waals surface area (Å²) in [6.07, 6.45) is 1.70. The van der Waals surface area contributed by atoms with Gasteiger partial charge in [0.05, 0.1) is 18.2 Å². The number of nitrogens with zero attached hydrogens (tertiary/aromatic N) is 1. The molecule has 98 valence electrons. The number of hydrogen-bond donors (Lipinski definition) is 2. The molecule has 0 aliphatic rings. The molecule has 0 atom stereocenters. The van der Waals surface area contributed by atoms with Crippen LogP contribution in [0.3, 0.4) is 0 Å². The summed E-state index contributed by atoms with van der Waals surface area (Å²) >= 11 is 6.64. The van der Waals surface area contributed by atoms with Gasteiger partial charge in [-0.15, -0.1) is 0 Å². The lowest BCUT2D eigenvalue weighted by Crippen LogP contribution is -2.23. The van der Waals surface area contributed by atoms with Crippen molar-refractivity contribution >= 4 is 40.6 Å². The van der Waals surface area contributed by atoms with Crippen LogP contribution in [-0.2, 0) is 0 Å². The Kier molecular flexibility index (Phi) is 4.88. The lowest BCUT2D eigenvalue weighted by molar-refractivity contribution is 0.427. The van der Waals surface area contributed by atoms with Gasteiger partial charge in [-0.25, -0.2) is 0 Å². The Balaban J connectivity index is 1.83. The van der Waals surface area contributed by atoms with E-state index >= 15 is 0 Å². The average molecular weight is 291 g/mol. The molecule has 0 unspecified atom stereocenters. The third-order valence-electron chi connectivity index (χ3n) is 2.19. The van der Waals surface area contributed by atoms with Gasteiger partial charge >= 0.3 is 0 Å². The van der Waals surface area contributed by atoms with Crippen molar-refractivity contribution < 1.29 is 4.74 Å². The Morgan fingerprint density at radius 1 is 1.26 bits per heavy atom. The second kappa shape index (κ2) is 6.86. The van der Waals surface area contributed by atoms with E-state index in [0.717, 1.165) is 15.6 Å². The number of benzene rings is 1. The van der Waals surface area contributed by atoms with Crippen LogP contribution in [0.15, 0.2) is 47.6 Å². The smallest absolute Gasteiger partial charge is 0.191 e. The molecule has 1 aromatic carbocycles. The van der Waals surface area contributed by atoms with Gasteiger partial charge in [0, 0.05) is 5.69 Å². The highest BCUT2D eigenvalue weighted by Crippen LogP contribution is 2.21. The zero-order valence-electron chi connectivity index (χ0n) is 10.3. The van der Waals surface area contributed by atoms with Crippen LogP contribution in [0.5, 0.6) is 5.06 Å². The Bertz CT molecular complexity index is 566. The molecule has 1 aromatic heterocycles. The maximum absolute atomic E-state index is 5.12. The largest absolute Gasteiger partial charge is 0.487 e. The lowest BCUT2D eigenvalue weighted by atomic mass is 10.3. The van der Waals surface area contributed by atoms with Crippen molar-refractivity contribution in [1.29, 1.82) is 0 Å². The van der Waals surface area contributed by atoms with Gasteiger partial charge in [-0.1, -0.05) is 29.5 Å². The highest BCUT2D eigenvalue weighted by atomic mass is 32.1. The number of ether oxygens (including phenoxy) is 1. The minimum Gasteiger partial charge on any atom is -0.487 e. The summed E-state index contributed by atoms with van der Waals surface area (Å²) in [7, 11) is 1.64. The van der Waals surface area contributed by atoms with E-state index in [1.165, 1.54) is 11.3 Å². The van der Waals surface area contributed by atoms with E-state index in [1.807, 2.05) is 42.5 Å². The first kappa shape index (κ1) is 13.5. The number of para-hydroxylation sites is 1. The Hall–Kier alpha value is -1.92. The van der Waals surface area contributed by atoms with Gasteiger partial charge in [0.15, 0.2) is 10.2 Å². The van der Waals surface area contributed by atoms with Gasteiger partial charge in [0.2, 0.25) is 0 Å². The van der Waals surface area contributed by atoms with Crippen molar-refractivity contribution in [1.82, 2.24) is 5.43 Å². The van der Waals surface area contributed by atoms with Crippen molar-refractivity contribution in [2.75, 3.05) is 12.4 Å². The van der Waals surface area contributed by atoms with Crippen molar-refractivity contribution in [3.63, 3.8) is 0 Å². The predicted molar refractivity (Wildman–Crippen MR) is 84.3 cm³/mol. The van der Waals surface area contributed by atoms with E-state index in [2.05, 4.69) is 15.8 Å². The lowest BCUT2D eigenvalue weighted by Gasteiger charge is -2.05. The molecule has 2 rings (SSSR count). The number of methoxy groups -OCH3 is 1. The first-order valence-corrected chi connectivity index (χ1v) is 6.79. The van der Waals surface area contributed by atoms with Crippen LogP contribution in [0, 0.1) is 0 Å². The number of nitrogens with one attached hydrogen (secondary N) is 2. The highest BCUT2D eigenvalue weighted by molar-refractivity contribution is 7.80.